The van der Waals surface area contributed by atoms with Crippen LogP contribution in [0.15, 0.2) is 18.3 Å². The van der Waals surface area contributed by atoms with Crippen molar-refractivity contribution < 1.29 is 9.13 Å². The van der Waals surface area contributed by atoms with E-state index in [1.807, 2.05) is 6.20 Å². The zero-order valence-electron chi connectivity index (χ0n) is 13.2. The number of rotatable bonds is 8. The van der Waals surface area contributed by atoms with Crippen molar-refractivity contribution in [1.82, 2.24) is 9.88 Å². The van der Waals surface area contributed by atoms with Gasteiger partial charge in [0.25, 0.3) is 0 Å². The van der Waals surface area contributed by atoms with E-state index in [9.17, 15) is 4.39 Å². The van der Waals surface area contributed by atoms with Gasteiger partial charge in [0.2, 0.25) is 0 Å². The third-order valence-corrected chi connectivity index (χ3v) is 3.86. The molecule has 0 radical (unpaired) electrons. The number of alkyl halides is 1. The second-order valence-corrected chi connectivity index (χ2v) is 5.46. The topological polar surface area (TPSA) is 28.3 Å². The summed E-state index contributed by atoms with van der Waals surface area (Å²) in [5, 5.41) is 1.20. The summed E-state index contributed by atoms with van der Waals surface area (Å²) in [7, 11) is 1.71. The van der Waals surface area contributed by atoms with Crippen LogP contribution in [0.4, 0.5) is 4.39 Å². The van der Waals surface area contributed by atoms with Gasteiger partial charge in [-0.05, 0) is 44.0 Å². The Hall–Kier alpha value is -1.55. The molecule has 2 rings (SSSR count). The molecule has 0 aliphatic rings. The van der Waals surface area contributed by atoms with Gasteiger partial charge >= 0.3 is 0 Å². The van der Waals surface area contributed by atoms with Crippen molar-refractivity contribution in [3.05, 3.63) is 29.5 Å². The molecule has 0 atom stereocenters. The van der Waals surface area contributed by atoms with Crippen LogP contribution in [-0.2, 0) is 6.54 Å². The highest BCUT2D eigenvalue weighted by molar-refractivity contribution is 5.88. The van der Waals surface area contributed by atoms with E-state index in [4.69, 9.17) is 4.74 Å². The molecule has 0 amide bonds. The Morgan fingerprint density at radius 2 is 2.14 bits per heavy atom. The molecule has 2 aromatic rings. The van der Waals surface area contributed by atoms with Crippen LogP contribution >= 0.6 is 0 Å². The average Bonchev–Trinajstić information content (AvgIpc) is 2.97. The average molecular weight is 292 g/mol. The fourth-order valence-electron chi connectivity index (χ4n) is 2.87. The lowest BCUT2D eigenvalue weighted by atomic mass is 10.0. The third kappa shape index (κ3) is 3.56. The molecule has 116 valence electrons. The summed E-state index contributed by atoms with van der Waals surface area (Å²) >= 11 is 0. The molecule has 0 aliphatic heterocycles. The van der Waals surface area contributed by atoms with E-state index in [-0.39, 0.29) is 6.67 Å². The highest BCUT2D eigenvalue weighted by atomic mass is 19.1. The molecule has 0 spiro atoms. The summed E-state index contributed by atoms with van der Waals surface area (Å²) in [4.78, 5) is 5.60. The molecule has 0 aliphatic carbocycles. The first-order valence-electron chi connectivity index (χ1n) is 7.63. The molecule has 1 aromatic heterocycles. The summed E-state index contributed by atoms with van der Waals surface area (Å²) in [6, 6.07) is 4.17. The molecule has 0 unspecified atom stereocenters. The number of nitrogens with zero attached hydrogens (tertiary/aromatic N) is 1. The van der Waals surface area contributed by atoms with E-state index in [2.05, 4.69) is 35.9 Å². The second-order valence-electron chi connectivity index (χ2n) is 5.46. The van der Waals surface area contributed by atoms with Gasteiger partial charge in [-0.1, -0.05) is 6.92 Å². The third-order valence-electron chi connectivity index (χ3n) is 3.86. The molecule has 1 heterocycles. The number of aryl methyl sites for hydroxylation is 1. The monoisotopic (exact) mass is 292 g/mol. The van der Waals surface area contributed by atoms with Crippen LogP contribution in [0.1, 0.15) is 30.9 Å². The Morgan fingerprint density at radius 3 is 2.81 bits per heavy atom. The number of aromatic nitrogens is 1. The highest BCUT2D eigenvalue weighted by Crippen LogP contribution is 2.31. The number of hydrogen-bond acceptors (Lipinski definition) is 2. The van der Waals surface area contributed by atoms with E-state index >= 15 is 0 Å². The van der Waals surface area contributed by atoms with Gasteiger partial charge in [0, 0.05) is 35.8 Å². The number of aromatic amines is 1. The number of ether oxygens (including phenoxy) is 1. The Bertz CT molecular complexity index is 579. The van der Waals surface area contributed by atoms with E-state index in [0.29, 0.717) is 6.42 Å². The van der Waals surface area contributed by atoms with Crippen LogP contribution < -0.4 is 4.74 Å². The lowest BCUT2D eigenvalue weighted by Gasteiger charge is -2.23. The Labute approximate surface area is 126 Å². The molecule has 1 aromatic carbocycles. The molecule has 0 fully saturated rings. The first-order chi connectivity index (χ1) is 10.2. The summed E-state index contributed by atoms with van der Waals surface area (Å²) in [5.41, 5.74) is 3.53. The fourth-order valence-corrected chi connectivity index (χ4v) is 2.87. The van der Waals surface area contributed by atoms with Crippen LogP contribution in [0.5, 0.6) is 5.75 Å². The minimum absolute atomic E-state index is 0.259. The van der Waals surface area contributed by atoms with Crippen molar-refractivity contribution in [2.75, 3.05) is 26.9 Å². The lowest BCUT2D eigenvalue weighted by molar-refractivity contribution is 0.248. The molecule has 0 bridgehead atoms. The smallest absolute Gasteiger partial charge is 0.124 e. The van der Waals surface area contributed by atoms with Crippen molar-refractivity contribution in [2.24, 2.45) is 0 Å². The number of benzene rings is 1. The predicted octanol–water partition coefficient (Wildman–Crippen LogP) is 4.06. The zero-order valence-corrected chi connectivity index (χ0v) is 13.2. The number of methoxy groups -OCH3 is 1. The number of fused-ring (bicyclic) bond motifs is 1. The van der Waals surface area contributed by atoms with Gasteiger partial charge < -0.3 is 9.72 Å². The van der Waals surface area contributed by atoms with Crippen molar-refractivity contribution in [3.8, 4) is 5.75 Å². The Balaban J connectivity index is 2.34. The minimum atomic E-state index is -0.259. The summed E-state index contributed by atoms with van der Waals surface area (Å²) in [5.74, 6) is 0.918. The van der Waals surface area contributed by atoms with Crippen LogP contribution in [0, 0.1) is 6.92 Å². The van der Waals surface area contributed by atoms with Gasteiger partial charge in [0.15, 0.2) is 0 Å². The van der Waals surface area contributed by atoms with Gasteiger partial charge in [-0.25, -0.2) is 0 Å². The van der Waals surface area contributed by atoms with Crippen molar-refractivity contribution >= 4 is 10.9 Å². The van der Waals surface area contributed by atoms with Crippen molar-refractivity contribution in [2.45, 2.75) is 33.2 Å². The standard InChI is InChI=1S/C17H25FN2O/c1-4-9-20(10-5-7-18)12-15-14-6-8-19-17(14)13(2)11-16(15)21-3/h6,8,11,19H,4-5,7,9-10,12H2,1-3H3. The molecule has 21 heavy (non-hydrogen) atoms. The van der Waals surface area contributed by atoms with E-state index in [1.54, 1.807) is 7.11 Å². The minimum Gasteiger partial charge on any atom is -0.496 e. The van der Waals surface area contributed by atoms with Gasteiger partial charge in [-0.15, -0.1) is 0 Å². The maximum absolute atomic E-state index is 12.5. The summed E-state index contributed by atoms with van der Waals surface area (Å²) < 4.78 is 18.1. The predicted molar refractivity (Wildman–Crippen MR) is 85.7 cm³/mol. The molecule has 1 N–H and O–H groups in total. The number of nitrogens with one attached hydrogen (secondary N) is 1. The molecule has 0 saturated heterocycles. The van der Waals surface area contributed by atoms with Crippen molar-refractivity contribution in [1.29, 1.82) is 0 Å². The van der Waals surface area contributed by atoms with Crippen LogP contribution in [0.3, 0.4) is 0 Å². The maximum Gasteiger partial charge on any atom is 0.124 e. The molecular formula is C17H25FN2O. The Kier molecular flexibility index (Phi) is 5.62. The van der Waals surface area contributed by atoms with Gasteiger partial charge in [0.05, 0.1) is 13.8 Å². The van der Waals surface area contributed by atoms with Gasteiger partial charge in [-0.2, -0.15) is 0 Å². The lowest BCUT2D eigenvalue weighted by Crippen LogP contribution is -2.26. The number of halogens is 1. The highest BCUT2D eigenvalue weighted by Gasteiger charge is 2.15. The van der Waals surface area contributed by atoms with E-state index in [1.165, 1.54) is 16.5 Å². The number of hydrogen-bond donors (Lipinski definition) is 1. The molecule has 3 nitrogen and oxygen atoms in total. The summed E-state index contributed by atoms with van der Waals surface area (Å²) in [6.45, 7) is 6.53. The van der Waals surface area contributed by atoms with E-state index in [0.717, 1.165) is 37.3 Å². The second kappa shape index (κ2) is 7.46. The molecule has 4 heteroatoms. The van der Waals surface area contributed by atoms with Gasteiger partial charge in [0.1, 0.15) is 5.75 Å². The number of H-pyrrole nitrogens is 1. The van der Waals surface area contributed by atoms with Crippen molar-refractivity contribution in [3.63, 3.8) is 0 Å². The molecular weight excluding hydrogens is 267 g/mol. The first kappa shape index (κ1) is 15.8. The largest absolute Gasteiger partial charge is 0.496 e. The Morgan fingerprint density at radius 1 is 1.33 bits per heavy atom. The van der Waals surface area contributed by atoms with Crippen LogP contribution in [0.2, 0.25) is 0 Å². The summed E-state index contributed by atoms with van der Waals surface area (Å²) in [6.07, 6.45) is 3.62. The fraction of sp³-hybridized carbons (Fsp3) is 0.529. The van der Waals surface area contributed by atoms with Gasteiger partial charge in [-0.3, -0.25) is 9.29 Å². The normalized spacial score (nSPS) is 11.5. The quantitative estimate of drug-likeness (QED) is 0.795. The molecule has 0 saturated carbocycles. The maximum atomic E-state index is 12.5. The zero-order chi connectivity index (χ0) is 15.2. The SMILES string of the molecule is CCCN(CCCF)Cc1c(OC)cc(C)c2[nH]ccc12. The van der Waals surface area contributed by atoms with E-state index < -0.39 is 0 Å². The van der Waals surface area contributed by atoms with Crippen LogP contribution in [0.25, 0.3) is 10.9 Å². The van der Waals surface area contributed by atoms with Crippen LogP contribution in [-0.4, -0.2) is 36.8 Å². The first-order valence-corrected chi connectivity index (χ1v) is 7.63.